The Kier molecular flexibility index (Phi) is 5.11. The predicted octanol–water partition coefficient (Wildman–Crippen LogP) is -0.552. The summed E-state index contributed by atoms with van der Waals surface area (Å²) in [7, 11) is 0. The number of fused-ring (bicyclic) bond motifs is 1. The molecular weight excluding hydrogens is 340 g/mol. The summed E-state index contributed by atoms with van der Waals surface area (Å²) in [4.78, 5) is 49.4. The highest BCUT2D eigenvalue weighted by Crippen LogP contribution is 2.28. The monoisotopic (exact) mass is 356 g/mol. The number of piperidine rings is 1. The second-order valence-corrected chi connectivity index (χ2v) is 5.79. The van der Waals surface area contributed by atoms with Crippen molar-refractivity contribution >= 4 is 23.6 Å². The lowest BCUT2D eigenvalue weighted by molar-refractivity contribution is -0.136. The molecule has 4 amide bonds. The maximum Gasteiger partial charge on any atom is 0.262 e. The van der Waals surface area contributed by atoms with Gasteiger partial charge in [0.2, 0.25) is 11.8 Å². The Morgan fingerprint density at radius 2 is 1.96 bits per heavy atom. The summed E-state index contributed by atoms with van der Waals surface area (Å²) in [5, 5.41) is 10.8. The van der Waals surface area contributed by atoms with Crippen LogP contribution in [-0.4, -0.2) is 59.5 Å². The fourth-order valence-electron chi connectivity index (χ4n) is 2.87. The topological polar surface area (TPSA) is 113 Å². The van der Waals surface area contributed by atoms with Gasteiger partial charge in [-0.1, -0.05) is 11.8 Å². The van der Waals surface area contributed by atoms with E-state index in [1.807, 2.05) is 0 Å². The first kappa shape index (κ1) is 17.8. The lowest BCUT2D eigenvalue weighted by atomic mass is 10.0. The van der Waals surface area contributed by atoms with Crippen molar-refractivity contribution in [2.75, 3.05) is 19.8 Å². The second-order valence-electron chi connectivity index (χ2n) is 5.79. The molecule has 26 heavy (non-hydrogen) atoms. The highest BCUT2D eigenvalue weighted by atomic mass is 16.5. The molecule has 0 aromatic heterocycles. The van der Waals surface area contributed by atoms with E-state index in [9.17, 15) is 19.2 Å². The number of ether oxygens (including phenoxy) is 1. The van der Waals surface area contributed by atoms with Crippen LogP contribution in [0.25, 0.3) is 0 Å². The molecule has 8 nitrogen and oxygen atoms in total. The fourth-order valence-corrected chi connectivity index (χ4v) is 2.87. The highest BCUT2D eigenvalue weighted by molar-refractivity contribution is 6.23. The Labute approximate surface area is 149 Å². The van der Waals surface area contributed by atoms with Crippen molar-refractivity contribution in [1.29, 1.82) is 0 Å². The molecule has 134 valence electrons. The summed E-state index contributed by atoms with van der Waals surface area (Å²) in [6, 6.07) is 3.62. The number of aliphatic hydroxyl groups is 1. The highest BCUT2D eigenvalue weighted by Gasteiger charge is 2.44. The van der Waals surface area contributed by atoms with Crippen LogP contribution in [0.15, 0.2) is 18.2 Å². The van der Waals surface area contributed by atoms with Gasteiger partial charge in [0.25, 0.3) is 11.8 Å². The van der Waals surface area contributed by atoms with Gasteiger partial charge >= 0.3 is 0 Å². The minimum absolute atomic E-state index is 0.0778. The Hall–Kier alpha value is -3.02. The molecule has 2 heterocycles. The van der Waals surface area contributed by atoms with E-state index in [-0.39, 0.29) is 43.8 Å². The number of benzene rings is 1. The lowest BCUT2D eigenvalue weighted by Crippen LogP contribution is -2.54. The molecular formula is C18H16N2O6. The van der Waals surface area contributed by atoms with Gasteiger partial charge in [-0.05, 0) is 24.6 Å². The summed E-state index contributed by atoms with van der Waals surface area (Å²) >= 11 is 0. The van der Waals surface area contributed by atoms with Crippen molar-refractivity contribution in [2.24, 2.45) is 0 Å². The van der Waals surface area contributed by atoms with Gasteiger partial charge in [-0.15, -0.1) is 0 Å². The average molecular weight is 356 g/mol. The third-order valence-electron chi connectivity index (χ3n) is 4.08. The standard InChI is InChI=1S/C18H16N2O6/c21-7-9-26-8-1-2-11-3-4-12-13(10-11)18(25)20(17(12)24)14-5-6-15(22)19-16(14)23/h3-4,10,14,21H,5-9H2,(H,19,22,23). The number of hydrogen-bond donors (Lipinski definition) is 2. The number of hydrogen-bond acceptors (Lipinski definition) is 6. The number of amides is 4. The van der Waals surface area contributed by atoms with Crippen LogP contribution in [0.1, 0.15) is 39.1 Å². The normalized spacial score (nSPS) is 19.1. The zero-order valence-electron chi connectivity index (χ0n) is 13.8. The molecule has 1 fully saturated rings. The number of carbonyl (C=O) groups excluding carboxylic acids is 4. The number of rotatable bonds is 4. The molecule has 1 unspecified atom stereocenters. The zero-order chi connectivity index (χ0) is 18.7. The van der Waals surface area contributed by atoms with Gasteiger partial charge in [0.1, 0.15) is 12.6 Å². The molecule has 2 aliphatic rings. The van der Waals surface area contributed by atoms with Crippen molar-refractivity contribution in [3.8, 4) is 11.8 Å². The Morgan fingerprint density at radius 1 is 1.19 bits per heavy atom. The van der Waals surface area contributed by atoms with Crippen LogP contribution in [-0.2, 0) is 14.3 Å². The Bertz CT molecular complexity index is 851. The SMILES string of the molecule is O=C1CCC(N2C(=O)c3ccc(C#CCOCCO)cc3C2=O)C(=O)N1. The Balaban J connectivity index is 1.79. The van der Waals surface area contributed by atoms with Gasteiger partial charge in [-0.2, -0.15) is 0 Å². The maximum atomic E-state index is 12.6. The van der Waals surface area contributed by atoms with Crippen LogP contribution in [0.2, 0.25) is 0 Å². The van der Waals surface area contributed by atoms with E-state index in [1.54, 1.807) is 6.07 Å². The summed E-state index contributed by atoms with van der Waals surface area (Å²) < 4.78 is 5.03. The average Bonchev–Trinajstić information content (AvgIpc) is 2.86. The van der Waals surface area contributed by atoms with E-state index in [1.165, 1.54) is 12.1 Å². The maximum absolute atomic E-state index is 12.6. The smallest absolute Gasteiger partial charge is 0.262 e. The van der Waals surface area contributed by atoms with Gasteiger partial charge in [0.05, 0.1) is 24.3 Å². The van der Waals surface area contributed by atoms with Crippen molar-refractivity contribution in [3.63, 3.8) is 0 Å². The van der Waals surface area contributed by atoms with Crippen LogP contribution in [0.3, 0.4) is 0 Å². The van der Waals surface area contributed by atoms with E-state index in [0.29, 0.717) is 5.56 Å². The molecule has 1 aromatic rings. The number of imide groups is 2. The largest absolute Gasteiger partial charge is 0.394 e. The van der Waals surface area contributed by atoms with E-state index in [2.05, 4.69) is 17.2 Å². The number of nitrogens with one attached hydrogen (secondary N) is 1. The fraction of sp³-hybridized carbons (Fsp3) is 0.333. The van der Waals surface area contributed by atoms with E-state index in [4.69, 9.17) is 9.84 Å². The lowest BCUT2D eigenvalue weighted by Gasteiger charge is -2.27. The Morgan fingerprint density at radius 3 is 2.69 bits per heavy atom. The van der Waals surface area contributed by atoms with Crippen molar-refractivity contribution in [2.45, 2.75) is 18.9 Å². The van der Waals surface area contributed by atoms with Crippen LogP contribution in [0.5, 0.6) is 0 Å². The second kappa shape index (κ2) is 7.47. The van der Waals surface area contributed by atoms with Crippen LogP contribution < -0.4 is 5.32 Å². The molecule has 0 aliphatic carbocycles. The quantitative estimate of drug-likeness (QED) is 0.425. The van der Waals surface area contributed by atoms with Crippen LogP contribution in [0.4, 0.5) is 0 Å². The molecule has 3 rings (SSSR count). The molecule has 8 heteroatoms. The summed E-state index contributed by atoms with van der Waals surface area (Å²) in [5.41, 5.74) is 0.923. The first-order valence-corrected chi connectivity index (χ1v) is 8.06. The molecule has 0 bridgehead atoms. The minimum Gasteiger partial charge on any atom is -0.394 e. The summed E-state index contributed by atoms with van der Waals surface area (Å²) in [6.07, 6.45) is 0.194. The third-order valence-corrected chi connectivity index (χ3v) is 4.08. The summed E-state index contributed by atoms with van der Waals surface area (Å²) in [5.74, 6) is 3.39. The van der Waals surface area contributed by atoms with Crippen molar-refractivity contribution in [3.05, 3.63) is 34.9 Å². The van der Waals surface area contributed by atoms with Crippen LogP contribution >= 0.6 is 0 Å². The molecule has 1 aromatic carbocycles. The number of nitrogens with zero attached hydrogens (tertiary/aromatic N) is 1. The van der Waals surface area contributed by atoms with E-state index >= 15 is 0 Å². The molecule has 0 radical (unpaired) electrons. The van der Waals surface area contributed by atoms with E-state index in [0.717, 1.165) is 4.90 Å². The van der Waals surface area contributed by atoms with Crippen molar-refractivity contribution in [1.82, 2.24) is 10.2 Å². The molecule has 2 N–H and O–H groups in total. The first-order valence-electron chi connectivity index (χ1n) is 8.06. The molecule has 2 aliphatic heterocycles. The predicted molar refractivity (Wildman–Crippen MR) is 87.9 cm³/mol. The van der Waals surface area contributed by atoms with Crippen LogP contribution in [0, 0.1) is 11.8 Å². The summed E-state index contributed by atoms with van der Waals surface area (Å²) in [6.45, 7) is 0.229. The van der Waals surface area contributed by atoms with E-state index < -0.39 is 29.7 Å². The van der Waals surface area contributed by atoms with Gasteiger partial charge in [0, 0.05) is 12.0 Å². The molecule has 1 atom stereocenters. The minimum atomic E-state index is -0.985. The third kappa shape index (κ3) is 3.35. The van der Waals surface area contributed by atoms with Gasteiger partial charge in [-0.3, -0.25) is 29.4 Å². The van der Waals surface area contributed by atoms with Gasteiger partial charge in [-0.25, -0.2) is 0 Å². The van der Waals surface area contributed by atoms with Crippen molar-refractivity contribution < 1.29 is 29.0 Å². The first-order chi connectivity index (χ1) is 12.5. The van der Waals surface area contributed by atoms with Gasteiger partial charge in [0.15, 0.2) is 0 Å². The number of aliphatic hydroxyl groups excluding tert-OH is 1. The molecule has 1 saturated heterocycles. The number of carbonyl (C=O) groups is 4. The molecule has 0 saturated carbocycles. The van der Waals surface area contributed by atoms with Gasteiger partial charge < -0.3 is 9.84 Å². The zero-order valence-corrected chi connectivity index (χ0v) is 13.8. The molecule has 0 spiro atoms.